The van der Waals surface area contributed by atoms with Gasteiger partial charge in [0.05, 0.1) is 6.61 Å². The van der Waals surface area contributed by atoms with Crippen molar-refractivity contribution in [1.82, 2.24) is 4.90 Å². The Hall–Kier alpha value is -1.52. The molecule has 0 aliphatic carbocycles. The van der Waals surface area contributed by atoms with Crippen molar-refractivity contribution in [3.8, 4) is 0 Å². The van der Waals surface area contributed by atoms with Gasteiger partial charge in [-0.1, -0.05) is 0 Å². The molecule has 0 unspecified atom stereocenters. The van der Waals surface area contributed by atoms with Crippen LogP contribution in [0.15, 0.2) is 11.1 Å². The van der Waals surface area contributed by atoms with Gasteiger partial charge in [-0.25, -0.2) is 9.59 Å². The number of carbonyl (C=O) groups excluding carboxylic acids is 2. The van der Waals surface area contributed by atoms with Crippen molar-refractivity contribution in [2.75, 3.05) is 19.7 Å². The van der Waals surface area contributed by atoms with Gasteiger partial charge in [-0.3, -0.25) is 0 Å². The first-order valence-corrected chi connectivity index (χ1v) is 6.58. The first-order chi connectivity index (χ1) is 8.74. The minimum absolute atomic E-state index is 0.274. The van der Waals surface area contributed by atoms with Crippen molar-refractivity contribution in [2.24, 2.45) is 0 Å². The van der Waals surface area contributed by atoms with Crippen molar-refractivity contribution < 1.29 is 19.1 Å². The summed E-state index contributed by atoms with van der Waals surface area (Å²) in [6, 6.07) is 0. The molecule has 1 heterocycles. The van der Waals surface area contributed by atoms with E-state index < -0.39 is 5.60 Å². The van der Waals surface area contributed by atoms with Gasteiger partial charge < -0.3 is 14.4 Å². The van der Waals surface area contributed by atoms with E-state index in [0.717, 1.165) is 5.57 Å². The summed E-state index contributed by atoms with van der Waals surface area (Å²) in [7, 11) is 0. The second-order valence-electron chi connectivity index (χ2n) is 5.63. The fourth-order valence-corrected chi connectivity index (χ4v) is 1.90. The average molecular weight is 269 g/mol. The minimum atomic E-state index is -0.504. The van der Waals surface area contributed by atoms with Gasteiger partial charge in [0, 0.05) is 18.7 Å². The molecule has 1 aliphatic rings. The van der Waals surface area contributed by atoms with Crippen LogP contribution in [-0.2, 0) is 14.3 Å². The molecule has 1 aliphatic heterocycles. The molecule has 5 heteroatoms. The van der Waals surface area contributed by atoms with E-state index in [-0.39, 0.29) is 12.1 Å². The molecule has 1 rings (SSSR count). The Morgan fingerprint density at radius 2 is 1.95 bits per heavy atom. The van der Waals surface area contributed by atoms with E-state index in [1.54, 1.807) is 11.8 Å². The van der Waals surface area contributed by atoms with E-state index in [2.05, 4.69) is 0 Å². The quantitative estimate of drug-likeness (QED) is 0.723. The van der Waals surface area contributed by atoms with Gasteiger partial charge in [0.2, 0.25) is 0 Å². The second-order valence-corrected chi connectivity index (χ2v) is 5.63. The van der Waals surface area contributed by atoms with Crippen LogP contribution in [0.3, 0.4) is 0 Å². The number of nitrogens with zero attached hydrogens (tertiary/aromatic N) is 1. The SMILES string of the molecule is CCOC(=O)C1=C(C)CN(C(=O)OC(C)(C)C)CC1. The van der Waals surface area contributed by atoms with E-state index in [9.17, 15) is 9.59 Å². The van der Waals surface area contributed by atoms with Gasteiger partial charge in [0.1, 0.15) is 5.60 Å². The van der Waals surface area contributed by atoms with E-state index >= 15 is 0 Å². The number of rotatable bonds is 2. The first kappa shape index (κ1) is 15.5. The molecule has 0 aromatic rings. The summed E-state index contributed by atoms with van der Waals surface area (Å²) < 4.78 is 10.3. The Bertz CT molecular complexity index is 393. The number of carbonyl (C=O) groups is 2. The van der Waals surface area contributed by atoms with Crippen molar-refractivity contribution in [1.29, 1.82) is 0 Å². The van der Waals surface area contributed by atoms with Crippen molar-refractivity contribution in [3.05, 3.63) is 11.1 Å². The Balaban J connectivity index is 2.68. The molecule has 19 heavy (non-hydrogen) atoms. The molecule has 0 saturated heterocycles. The van der Waals surface area contributed by atoms with Crippen LogP contribution in [-0.4, -0.2) is 42.3 Å². The van der Waals surface area contributed by atoms with E-state index in [4.69, 9.17) is 9.47 Å². The highest BCUT2D eigenvalue weighted by Gasteiger charge is 2.28. The maximum atomic E-state index is 11.9. The summed E-state index contributed by atoms with van der Waals surface area (Å²) in [5.74, 6) is -0.274. The predicted octanol–water partition coefficient (Wildman–Crippen LogP) is 2.51. The molecule has 0 radical (unpaired) electrons. The molecular formula is C14H23NO4. The second kappa shape index (κ2) is 6.08. The van der Waals surface area contributed by atoms with Crippen LogP contribution in [0, 0.1) is 0 Å². The lowest BCUT2D eigenvalue weighted by atomic mass is 10.0. The van der Waals surface area contributed by atoms with Gasteiger partial charge in [-0.05, 0) is 46.6 Å². The summed E-state index contributed by atoms with van der Waals surface area (Å²) in [5.41, 5.74) is 1.05. The van der Waals surface area contributed by atoms with E-state index in [1.165, 1.54) is 0 Å². The zero-order valence-corrected chi connectivity index (χ0v) is 12.4. The molecule has 0 spiro atoms. The highest BCUT2D eigenvalue weighted by atomic mass is 16.6. The van der Waals surface area contributed by atoms with Crippen molar-refractivity contribution in [2.45, 2.75) is 46.6 Å². The van der Waals surface area contributed by atoms with Crippen molar-refractivity contribution in [3.63, 3.8) is 0 Å². The lowest BCUT2D eigenvalue weighted by Crippen LogP contribution is -2.41. The maximum absolute atomic E-state index is 11.9. The summed E-state index contributed by atoms with van der Waals surface area (Å²) in [6.07, 6.45) is 0.180. The molecule has 0 saturated carbocycles. The number of amides is 1. The maximum Gasteiger partial charge on any atom is 0.410 e. The Morgan fingerprint density at radius 1 is 1.32 bits per heavy atom. The van der Waals surface area contributed by atoms with Crippen LogP contribution in [0.5, 0.6) is 0 Å². The van der Waals surface area contributed by atoms with Crippen LogP contribution >= 0.6 is 0 Å². The topological polar surface area (TPSA) is 55.8 Å². The van der Waals surface area contributed by atoms with Gasteiger partial charge in [0.25, 0.3) is 0 Å². The molecule has 0 bridgehead atoms. The van der Waals surface area contributed by atoms with Crippen molar-refractivity contribution >= 4 is 12.1 Å². The van der Waals surface area contributed by atoms with Gasteiger partial charge >= 0.3 is 12.1 Å². The standard InChI is InChI=1S/C14H23NO4/c1-6-18-12(16)11-7-8-15(9-10(11)2)13(17)19-14(3,4)5/h6-9H2,1-5H3. The lowest BCUT2D eigenvalue weighted by Gasteiger charge is -2.31. The highest BCUT2D eigenvalue weighted by molar-refractivity contribution is 5.90. The molecule has 108 valence electrons. The summed E-state index contributed by atoms with van der Waals surface area (Å²) in [5, 5.41) is 0. The third kappa shape index (κ3) is 4.58. The minimum Gasteiger partial charge on any atom is -0.463 e. The Kier molecular flexibility index (Phi) is 4.97. The van der Waals surface area contributed by atoms with E-state index in [0.29, 0.717) is 31.7 Å². The third-order valence-electron chi connectivity index (χ3n) is 2.75. The summed E-state index contributed by atoms with van der Waals surface area (Å²) in [4.78, 5) is 25.2. The first-order valence-electron chi connectivity index (χ1n) is 6.58. The molecule has 0 atom stereocenters. The Morgan fingerprint density at radius 3 is 2.42 bits per heavy atom. The number of hydrogen-bond donors (Lipinski definition) is 0. The monoisotopic (exact) mass is 269 g/mol. The molecule has 5 nitrogen and oxygen atoms in total. The predicted molar refractivity (Wildman–Crippen MR) is 71.8 cm³/mol. The van der Waals surface area contributed by atoms with Gasteiger partial charge in [-0.2, -0.15) is 0 Å². The summed E-state index contributed by atoms with van der Waals surface area (Å²) in [6.45, 7) is 10.4. The van der Waals surface area contributed by atoms with Crippen LogP contribution in [0.4, 0.5) is 4.79 Å². The average Bonchev–Trinajstić information content (AvgIpc) is 2.26. The Labute approximate surface area is 114 Å². The molecule has 0 aromatic carbocycles. The van der Waals surface area contributed by atoms with E-state index in [1.807, 2.05) is 27.7 Å². The van der Waals surface area contributed by atoms with Crippen LogP contribution < -0.4 is 0 Å². The number of esters is 1. The zero-order chi connectivity index (χ0) is 14.6. The normalized spacial score (nSPS) is 16.4. The smallest absolute Gasteiger partial charge is 0.410 e. The lowest BCUT2D eigenvalue weighted by molar-refractivity contribution is -0.138. The molecule has 0 fully saturated rings. The summed E-state index contributed by atoms with van der Waals surface area (Å²) >= 11 is 0. The largest absolute Gasteiger partial charge is 0.463 e. The van der Waals surface area contributed by atoms with Crippen LogP contribution in [0.25, 0.3) is 0 Å². The van der Waals surface area contributed by atoms with Crippen LogP contribution in [0.1, 0.15) is 41.0 Å². The van der Waals surface area contributed by atoms with Gasteiger partial charge in [0.15, 0.2) is 0 Å². The fourth-order valence-electron chi connectivity index (χ4n) is 1.90. The molecular weight excluding hydrogens is 246 g/mol. The molecule has 1 amide bonds. The zero-order valence-electron chi connectivity index (χ0n) is 12.4. The van der Waals surface area contributed by atoms with Gasteiger partial charge in [-0.15, -0.1) is 0 Å². The highest BCUT2D eigenvalue weighted by Crippen LogP contribution is 2.21. The van der Waals surface area contributed by atoms with Crippen LogP contribution in [0.2, 0.25) is 0 Å². The number of hydrogen-bond acceptors (Lipinski definition) is 4. The fraction of sp³-hybridized carbons (Fsp3) is 0.714. The molecule has 0 aromatic heterocycles. The number of ether oxygens (including phenoxy) is 2. The molecule has 0 N–H and O–H groups in total. The third-order valence-corrected chi connectivity index (χ3v) is 2.75.